The van der Waals surface area contributed by atoms with E-state index in [9.17, 15) is 14.8 Å². The Morgan fingerprint density at radius 1 is 0.721 bits per heavy atom. The van der Waals surface area contributed by atoms with Gasteiger partial charge in [-0.2, -0.15) is 0 Å². The molecule has 5 atom stereocenters. The average molecular weight is 838 g/mol. The van der Waals surface area contributed by atoms with E-state index in [1.807, 2.05) is 78.9 Å². The lowest BCUT2D eigenvalue weighted by Gasteiger charge is -2.37. The molecule has 12 nitrogen and oxygen atoms in total. The van der Waals surface area contributed by atoms with Crippen LogP contribution < -0.4 is 25.3 Å². The Morgan fingerprint density at radius 3 is 1.90 bits per heavy atom. The van der Waals surface area contributed by atoms with Crippen molar-refractivity contribution >= 4 is 25.1 Å². The monoisotopic (exact) mass is 837 g/mol. The number of hydrogen-bond donors (Lipinski definition) is 5. The van der Waals surface area contributed by atoms with E-state index in [0.29, 0.717) is 46.0 Å². The van der Waals surface area contributed by atoms with Crippen molar-refractivity contribution in [2.24, 2.45) is 5.73 Å². The van der Waals surface area contributed by atoms with E-state index in [4.69, 9.17) is 30.7 Å². The molecule has 0 radical (unpaired) electrons. The van der Waals surface area contributed by atoms with Gasteiger partial charge in [0.25, 0.3) is 0 Å². The normalized spacial score (nSPS) is 21.1. The van der Waals surface area contributed by atoms with Crippen molar-refractivity contribution in [3.63, 3.8) is 0 Å². The Kier molecular flexibility index (Phi) is 11.8. The molecule has 6 aromatic carbocycles. The summed E-state index contributed by atoms with van der Waals surface area (Å²) < 4.78 is 32.3. The van der Waals surface area contributed by atoms with Crippen molar-refractivity contribution in [3.8, 4) is 17.2 Å². The van der Waals surface area contributed by atoms with Crippen LogP contribution in [0, 0.1) is 5.41 Å². The predicted molar refractivity (Wildman–Crippen MR) is 235 cm³/mol. The number of carbonyl (C=O) groups excluding carboxylic acids is 1. The van der Waals surface area contributed by atoms with Crippen LogP contribution in [0.4, 0.5) is 10.5 Å². The highest BCUT2D eigenvalue weighted by Crippen LogP contribution is 2.60. The number of urea groups is 1. The second-order valence-corrected chi connectivity index (χ2v) is 17.4. The van der Waals surface area contributed by atoms with Gasteiger partial charge in [0.15, 0.2) is 0 Å². The second-order valence-electron chi connectivity index (χ2n) is 15.5. The van der Waals surface area contributed by atoms with Gasteiger partial charge in [-0.25, -0.2) is 9.36 Å². The zero-order chi connectivity index (χ0) is 42.6. The van der Waals surface area contributed by atoms with Gasteiger partial charge in [-0.1, -0.05) is 115 Å². The number of rotatable bonds is 15. The van der Waals surface area contributed by atoms with Crippen LogP contribution in [-0.4, -0.2) is 62.0 Å². The number of nitrogens with two attached hydrogens (primary N) is 2. The standard InChI is InChI=1S/C48H48N5O7P/c49-42-25-24-35(27-40(42)46(50)51)30-52-43(28-33-14-5-1-6-15-33)44(54)45(55)48(29-41(48)36-17-7-2-8-18-36)53(47(52)56)31-34-16-13-23-39(26-34)58-32-61(57,59-37-19-9-3-10-20-37)60-38-21-11-4-12-22-38/h1-27,41,43-45,54-55H,28-32,49H2,(H3,50,51)/t41-,43-,44+,45-,48?/m1/s1. The first-order valence-electron chi connectivity index (χ1n) is 20.1. The van der Waals surface area contributed by atoms with Gasteiger partial charge in [-0.3, -0.25) is 5.41 Å². The summed E-state index contributed by atoms with van der Waals surface area (Å²) in [7, 11) is -3.94. The van der Waals surface area contributed by atoms with Crippen molar-refractivity contribution in [2.75, 3.05) is 12.1 Å². The molecule has 2 fully saturated rings. The van der Waals surface area contributed by atoms with Gasteiger partial charge in [0.05, 0.1) is 11.6 Å². The number of ether oxygens (including phenoxy) is 1. The number of amidine groups is 1. The van der Waals surface area contributed by atoms with Crippen molar-refractivity contribution in [1.82, 2.24) is 9.80 Å². The van der Waals surface area contributed by atoms with Crippen LogP contribution in [-0.2, 0) is 24.1 Å². The third-order valence-corrected chi connectivity index (χ3v) is 12.9. The van der Waals surface area contributed by atoms with Gasteiger partial charge in [-0.15, -0.1) is 0 Å². The lowest BCUT2D eigenvalue weighted by Crippen LogP contribution is -2.52. The molecule has 2 aliphatic rings. The minimum absolute atomic E-state index is 0.0323. The molecule has 1 unspecified atom stereocenters. The maximum atomic E-state index is 15.5. The maximum Gasteiger partial charge on any atom is 0.468 e. The fourth-order valence-electron chi connectivity index (χ4n) is 8.35. The van der Waals surface area contributed by atoms with Crippen LogP contribution in [0.2, 0.25) is 0 Å². The summed E-state index contributed by atoms with van der Waals surface area (Å²) >= 11 is 0. The molecule has 1 saturated heterocycles. The number of nitrogen functional groups attached to an aromatic ring is 2. The number of nitrogens with zero attached hydrogens (tertiary/aromatic N) is 2. The summed E-state index contributed by atoms with van der Waals surface area (Å²) in [6.07, 6.45) is -2.43. The first-order valence-corrected chi connectivity index (χ1v) is 21.8. The summed E-state index contributed by atoms with van der Waals surface area (Å²) in [5, 5.41) is 32.9. The molecule has 312 valence electrons. The highest BCUT2D eigenvalue weighted by atomic mass is 31.2. The number of carbonyl (C=O) groups is 1. The first kappa shape index (κ1) is 41.2. The zero-order valence-electron chi connectivity index (χ0n) is 33.4. The van der Waals surface area contributed by atoms with E-state index >= 15 is 4.79 Å². The van der Waals surface area contributed by atoms with E-state index in [0.717, 1.165) is 11.1 Å². The van der Waals surface area contributed by atoms with Crippen LogP contribution in [0.3, 0.4) is 0 Å². The topological polar surface area (TPSA) is 185 Å². The van der Waals surface area contributed by atoms with Gasteiger partial charge >= 0.3 is 13.6 Å². The van der Waals surface area contributed by atoms with E-state index in [1.54, 1.807) is 94.7 Å². The molecule has 0 aromatic heterocycles. The molecule has 7 N–H and O–H groups in total. The molecular weight excluding hydrogens is 790 g/mol. The summed E-state index contributed by atoms with van der Waals surface area (Å²) in [6, 6.07) is 47.7. The lowest BCUT2D eigenvalue weighted by atomic mass is 9.90. The third kappa shape index (κ3) is 8.98. The quantitative estimate of drug-likeness (QED) is 0.0297. The Balaban J connectivity index is 1.15. The number of amides is 2. The van der Waals surface area contributed by atoms with E-state index in [2.05, 4.69) is 0 Å². The fourth-order valence-corrected chi connectivity index (χ4v) is 9.69. The maximum absolute atomic E-state index is 15.5. The van der Waals surface area contributed by atoms with Crippen molar-refractivity contribution < 1.29 is 33.4 Å². The van der Waals surface area contributed by atoms with Crippen LogP contribution in [0.5, 0.6) is 17.2 Å². The average Bonchev–Trinajstić information content (AvgIpc) is 4.04. The number of benzene rings is 6. The summed E-state index contributed by atoms with van der Waals surface area (Å²) in [5.74, 6) is 0.577. The summed E-state index contributed by atoms with van der Waals surface area (Å²) in [5.41, 5.74) is 14.7. The molecular formula is C48H48N5O7P. The fraction of sp³-hybridized carbons (Fsp3) is 0.208. The van der Waals surface area contributed by atoms with Crippen LogP contribution in [0.25, 0.3) is 0 Å². The smallest absolute Gasteiger partial charge is 0.468 e. The lowest BCUT2D eigenvalue weighted by molar-refractivity contribution is -0.0502. The zero-order valence-corrected chi connectivity index (χ0v) is 34.3. The van der Waals surface area contributed by atoms with Gasteiger partial charge in [0.2, 0.25) is 6.35 Å². The molecule has 1 aliphatic heterocycles. The highest BCUT2D eigenvalue weighted by Gasteiger charge is 2.68. The van der Waals surface area contributed by atoms with Crippen LogP contribution >= 0.6 is 7.60 Å². The largest absolute Gasteiger partial charge is 0.479 e. The van der Waals surface area contributed by atoms with Gasteiger partial charge < -0.3 is 45.3 Å². The van der Waals surface area contributed by atoms with E-state index < -0.39 is 37.7 Å². The van der Waals surface area contributed by atoms with Crippen molar-refractivity contribution in [2.45, 2.75) is 55.6 Å². The molecule has 6 aromatic rings. The number of aliphatic hydroxyl groups excluding tert-OH is 2. The number of nitrogens with one attached hydrogen (secondary N) is 1. The Morgan fingerprint density at radius 2 is 1.28 bits per heavy atom. The molecule has 13 heteroatoms. The molecule has 0 bridgehead atoms. The Hall–Kier alpha value is -6.59. The van der Waals surface area contributed by atoms with Gasteiger partial charge in [0.1, 0.15) is 35.3 Å². The SMILES string of the molecule is N=C(N)c1cc(CN2C(=O)N(Cc3cccc(OCP(=O)(Oc4ccccc4)Oc4ccccc4)c3)C3(C[C@@H]3c3ccccc3)[C@H](O)[C@@H](O)[C@H]2Cc2ccccc2)ccc1N. The van der Waals surface area contributed by atoms with E-state index in [-0.39, 0.29) is 37.3 Å². The van der Waals surface area contributed by atoms with E-state index in [1.165, 1.54) is 0 Å². The molecule has 61 heavy (non-hydrogen) atoms. The summed E-state index contributed by atoms with van der Waals surface area (Å²) in [4.78, 5) is 18.8. The van der Waals surface area contributed by atoms with Crippen LogP contribution in [0.1, 0.15) is 40.2 Å². The van der Waals surface area contributed by atoms with Crippen molar-refractivity contribution in [1.29, 1.82) is 5.41 Å². The summed E-state index contributed by atoms with van der Waals surface area (Å²) in [6.45, 7) is 0.0708. The molecule has 8 rings (SSSR count). The predicted octanol–water partition coefficient (Wildman–Crippen LogP) is 7.94. The van der Waals surface area contributed by atoms with Gasteiger partial charge in [0, 0.05) is 30.3 Å². The minimum Gasteiger partial charge on any atom is -0.479 e. The van der Waals surface area contributed by atoms with Gasteiger partial charge in [-0.05, 0) is 83.6 Å². The Bertz CT molecular complexity index is 2470. The Labute approximate surface area is 355 Å². The van der Waals surface area contributed by atoms with Crippen molar-refractivity contribution in [3.05, 3.63) is 192 Å². The van der Waals surface area contributed by atoms with Crippen LogP contribution in [0.15, 0.2) is 164 Å². The number of para-hydroxylation sites is 2. The molecule has 1 heterocycles. The third-order valence-electron chi connectivity index (χ3n) is 11.4. The number of hydrogen-bond acceptors (Lipinski definition) is 9. The molecule has 1 saturated carbocycles. The number of anilines is 1. The molecule has 2 amide bonds. The molecule has 1 aliphatic carbocycles. The second kappa shape index (κ2) is 17.6. The minimum atomic E-state index is -3.94. The number of aliphatic hydroxyl groups is 2. The first-order chi connectivity index (χ1) is 29.5. The highest BCUT2D eigenvalue weighted by molar-refractivity contribution is 7.54. The molecule has 1 spiro atoms.